The minimum absolute atomic E-state index is 0.192. The molecule has 1 fully saturated rings. The fourth-order valence-electron chi connectivity index (χ4n) is 2.37. The predicted octanol–water partition coefficient (Wildman–Crippen LogP) is 0.981. The molecule has 1 aliphatic rings. The van der Waals surface area contributed by atoms with Gasteiger partial charge in [-0.1, -0.05) is 0 Å². The van der Waals surface area contributed by atoms with E-state index in [9.17, 15) is 4.79 Å². The molecule has 7 heteroatoms. The van der Waals surface area contributed by atoms with Gasteiger partial charge in [-0.3, -0.25) is 4.79 Å². The topological polar surface area (TPSA) is 83.3 Å². The van der Waals surface area contributed by atoms with E-state index in [2.05, 4.69) is 26.8 Å². The molecule has 2 heterocycles. The van der Waals surface area contributed by atoms with Crippen LogP contribution in [0.2, 0.25) is 0 Å². The highest BCUT2D eigenvalue weighted by Crippen LogP contribution is 2.27. The number of hydrogen-bond acceptors (Lipinski definition) is 6. The summed E-state index contributed by atoms with van der Waals surface area (Å²) in [6.45, 7) is 5.42. The average molecular weight is 283 g/mol. The van der Waals surface area contributed by atoms with Gasteiger partial charge in [-0.25, -0.2) is 0 Å². The fraction of sp³-hybridized carbons (Fsp3) is 0.667. The quantitative estimate of drug-likeness (QED) is 0.750. The first-order valence-electron chi connectivity index (χ1n) is 6.58. The van der Waals surface area contributed by atoms with Crippen LogP contribution in [0.5, 0.6) is 0 Å². The largest absolute Gasteiger partial charge is 0.382 e. The van der Waals surface area contributed by atoms with Crippen molar-refractivity contribution in [1.29, 1.82) is 0 Å². The summed E-state index contributed by atoms with van der Waals surface area (Å²) in [5.41, 5.74) is 6.20. The highest BCUT2D eigenvalue weighted by molar-refractivity contribution is 7.11. The Bertz CT molecular complexity index is 441. The van der Waals surface area contributed by atoms with Gasteiger partial charge < -0.3 is 21.3 Å². The molecule has 1 aromatic heterocycles. The monoisotopic (exact) mass is 283 g/mol. The number of carbonyl (C=O) groups is 1. The Morgan fingerprint density at radius 1 is 1.53 bits per heavy atom. The van der Waals surface area contributed by atoms with Crippen LogP contribution >= 0.6 is 11.5 Å². The maximum absolute atomic E-state index is 11.8. The van der Waals surface area contributed by atoms with Crippen LogP contribution in [-0.2, 0) is 0 Å². The van der Waals surface area contributed by atoms with E-state index in [-0.39, 0.29) is 11.9 Å². The number of rotatable bonds is 5. The van der Waals surface area contributed by atoms with Gasteiger partial charge in [-0.2, -0.15) is 4.37 Å². The molecule has 1 aliphatic heterocycles. The van der Waals surface area contributed by atoms with Crippen LogP contribution in [0.3, 0.4) is 0 Å². The highest BCUT2D eigenvalue weighted by Gasteiger charge is 2.21. The number of amides is 1. The van der Waals surface area contributed by atoms with Crippen molar-refractivity contribution in [2.75, 3.05) is 37.7 Å². The van der Waals surface area contributed by atoms with Crippen molar-refractivity contribution in [2.45, 2.75) is 25.8 Å². The predicted molar refractivity (Wildman–Crippen MR) is 78.7 cm³/mol. The minimum atomic E-state index is -0.192. The fourth-order valence-corrected chi connectivity index (χ4v) is 3.19. The van der Waals surface area contributed by atoms with Crippen molar-refractivity contribution in [2.24, 2.45) is 0 Å². The van der Waals surface area contributed by atoms with Crippen LogP contribution in [0, 0.1) is 0 Å². The summed E-state index contributed by atoms with van der Waals surface area (Å²) in [6, 6.07) is 0.265. The number of anilines is 2. The number of carbonyl (C=O) groups excluding carboxylic acids is 1. The van der Waals surface area contributed by atoms with Crippen molar-refractivity contribution < 1.29 is 4.79 Å². The molecule has 19 heavy (non-hydrogen) atoms. The molecule has 0 spiro atoms. The average Bonchev–Trinajstić information content (AvgIpc) is 2.99. The number of hydrogen-bond donors (Lipinski definition) is 3. The second-order valence-electron chi connectivity index (χ2n) is 4.90. The van der Waals surface area contributed by atoms with E-state index < -0.39 is 0 Å². The zero-order valence-corrected chi connectivity index (χ0v) is 12.2. The number of nitrogens with zero attached hydrogens (tertiary/aromatic N) is 2. The molecule has 2 rings (SSSR count). The SMILES string of the molecule is CNC(=O)c1c(N)nsc1NC(C)CN1CCCC1. The zero-order chi connectivity index (χ0) is 13.8. The van der Waals surface area contributed by atoms with E-state index in [1.807, 2.05) is 0 Å². The molecule has 1 saturated heterocycles. The molecular formula is C12H21N5OS. The Morgan fingerprint density at radius 2 is 2.21 bits per heavy atom. The number of aromatic nitrogens is 1. The van der Waals surface area contributed by atoms with Crippen molar-refractivity contribution in [3.63, 3.8) is 0 Å². The Labute approximate surface area is 117 Å². The smallest absolute Gasteiger partial charge is 0.257 e. The van der Waals surface area contributed by atoms with Gasteiger partial charge in [-0.05, 0) is 44.4 Å². The van der Waals surface area contributed by atoms with Gasteiger partial charge in [0, 0.05) is 19.6 Å². The van der Waals surface area contributed by atoms with Crippen LogP contribution in [-0.4, -0.2) is 47.9 Å². The summed E-state index contributed by atoms with van der Waals surface area (Å²) >= 11 is 1.24. The second kappa shape index (κ2) is 6.21. The molecule has 0 bridgehead atoms. The second-order valence-corrected chi connectivity index (χ2v) is 5.68. The van der Waals surface area contributed by atoms with Crippen LogP contribution in [0.4, 0.5) is 10.8 Å². The maximum Gasteiger partial charge on any atom is 0.257 e. The van der Waals surface area contributed by atoms with E-state index in [1.165, 1.54) is 37.5 Å². The maximum atomic E-state index is 11.8. The first-order valence-corrected chi connectivity index (χ1v) is 7.35. The van der Waals surface area contributed by atoms with Crippen LogP contribution in [0.1, 0.15) is 30.1 Å². The van der Waals surface area contributed by atoms with Crippen molar-refractivity contribution in [3.05, 3.63) is 5.56 Å². The lowest BCUT2D eigenvalue weighted by Crippen LogP contribution is -2.33. The minimum Gasteiger partial charge on any atom is -0.382 e. The lowest BCUT2D eigenvalue weighted by molar-refractivity contribution is 0.0965. The molecule has 4 N–H and O–H groups in total. The van der Waals surface area contributed by atoms with Crippen LogP contribution in [0.15, 0.2) is 0 Å². The molecule has 0 saturated carbocycles. The van der Waals surface area contributed by atoms with E-state index >= 15 is 0 Å². The summed E-state index contributed by atoms with van der Waals surface area (Å²) < 4.78 is 4.05. The summed E-state index contributed by atoms with van der Waals surface area (Å²) in [6.07, 6.45) is 2.56. The van der Waals surface area contributed by atoms with Crippen LogP contribution in [0.25, 0.3) is 0 Å². The number of likely N-dealkylation sites (tertiary alicyclic amines) is 1. The highest BCUT2D eigenvalue weighted by atomic mass is 32.1. The number of nitrogens with one attached hydrogen (secondary N) is 2. The Balaban J connectivity index is 1.99. The summed E-state index contributed by atoms with van der Waals surface area (Å²) in [5, 5.41) is 6.69. The molecular weight excluding hydrogens is 262 g/mol. The van der Waals surface area contributed by atoms with Gasteiger partial charge in [0.15, 0.2) is 5.82 Å². The molecule has 0 aromatic carbocycles. The van der Waals surface area contributed by atoms with Gasteiger partial charge in [0.25, 0.3) is 5.91 Å². The third kappa shape index (κ3) is 3.36. The third-order valence-electron chi connectivity index (χ3n) is 3.28. The Morgan fingerprint density at radius 3 is 2.84 bits per heavy atom. The van der Waals surface area contributed by atoms with E-state index in [0.29, 0.717) is 11.4 Å². The van der Waals surface area contributed by atoms with E-state index in [1.54, 1.807) is 7.05 Å². The zero-order valence-electron chi connectivity index (χ0n) is 11.4. The van der Waals surface area contributed by atoms with E-state index in [0.717, 1.165) is 11.5 Å². The number of nitrogen functional groups attached to an aromatic ring is 1. The normalized spacial score (nSPS) is 17.4. The van der Waals surface area contributed by atoms with Crippen LogP contribution < -0.4 is 16.4 Å². The van der Waals surface area contributed by atoms with Gasteiger partial charge in [0.1, 0.15) is 10.6 Å². The van der Waals surface area contributed by atoms with Crippen molar-refractivity contribution >= 4 is 28.3 Å². The van der Waals surface area contributed by atoms with Gasteiger partial charge >= 0.3 is 0 Å². The summed E-state index contributed by atoms with van der Waals surface area (Å²) in [4.78, 5) is 14.2. The molecule has 0 aliphatic carbocycles. The third-order valence-corrected chi connectivity index (χ3v) is 4.07. The van der Waals surface area contributed by atoms with Crippen molar-refractivity contribution in [1.82, 2.24) is 14.6 Å². The molecule has 6 nitrogen and oxygen atoms in total. The molecule has 1 unspecified atom stereocenters. The molecule has 0 radical (unpaired) electrons. The first-order chi connectivity index (χ1) is 9.11. The van der Waals surface area contributed by atoms with Gasteiger partial charge in [-0.15, -0.1) is 0 Å². The Hall–Kier alpha value is -1.34. The number of nitrogens with two attached hydrogens (primary N) is 1. The molecule has 1 atom stereocenters. The first kappa shape index (κ1) is 14.1. The van der Waals surface area contributed by atoms with Gasteiger partial charge in [0.2, 0.25) is 0 Å². The Kier molecular flexibility index (Phi) is 4.60. The van der Waals surface area contributed by atoms with Crippen molar-refractivity contribution in [3.8, 4) is 0 Å². The standard InChI is InChI=1S/C12H21N5OS/c1-8(7-17-5-3-4-6-17)15-12-9(11(18)14-2)10(13)16-19-12/h8,15H,3-7H2,1-2H3,(H2,13,16)(H,14,18). The summed E-state index contributed by atoms with van der Waals surface area (Å²) in [5.74, 6) is 0.0994. The molecule has 1 amide bonds. The van der Waals surface area contributed by atoms with Gasteiger partial charge in [0.05, 0.1) is 0 Å². The molecule has 1 aromatic rings. The molecule has 106 valence electrons. The summed E-state index contributed by atoms with van der Waals surface area (Å²) in [7, 11) is 1.59. The lowest BCUT2D eigenvalue weighted by atomic mass is 10.2. The van der Waals surface area contributed by atoms with E-state index in [4.69, 9.17) is 5.73 Å². The lowest BCUT2D eigenvalue weighted by Gasteiger charge is -2.21.